The van der Waals surface area contributed by atoms with E-state index in [1.807, 2.05) is 6.92 Å². The molecule has 0 bridgehead atoms. The van der Waals surface area contributed by atoms with Crippen LogP contribution in [0.4, 0.5) is 0 Å². The molecule has 0 rings (SSSR count). The minimum absolute atomic E-state index is 0.243. The molecular weight excluding hydrogens is 136 g/mol. The van der Waals surface area contributed by atoms with E-state index in [1.165, 1.54) is 0 Å². The van der Waals surface area contributed by atoms with Crippen LogP contribution >= 0.6 is 0 Å². The second kappa shape index (κ2) is 6.24. The van der Waals surface area contributed by atoms with E-state index in [1.54, 1.807) is 0 Å². The van der Waals surface area contributed by atoms with Crippen molar-refractivity contribution in [3.8, 4) is 5.92 Å². The summed E-state index contributed by atoms with van der Waals surface area (Å²) in [6, 6.07) is 0. The smallest absolute Gasteiger partial charge is 0.0574 e. The first kappa shape index (κ1) is 10.5. The number of rotatable bonds is 5. The molecule has 0 amide bonds. The molecule has 0 aromatic carbocycles. The van der Waals surface area contributed by atoms with Crippen LogP contribution in [0, 0.1) is 18.3 Å². The molecule has 2 atom stereocenters. The lowest BCUT2D eigenvalue weighted by molar-refractivity contribution is 0.100. The molecule has 0 fully saturated rings. The highest BCUT2D eigenvalue weighted by Crippen LogP contribution is 2.17. The predicted octanol–water partition coefficient (Wildman–Crippen LogP) is 2.15. The third kappa shape index (κ3) is 4.06. The van der Waals surface area contributed by atoms with E-state index in [0.717, 1.165) is 19.3 Å². The lowest BCUT2D eigenvalue weighted by Gasteiger charge is -2.18. The van der Waals surface area contributed by atoms with Gasteiger partial charge in [0.1, 0.15) is 0 Å². The molecule has 2 unspecified atom stereocenters. The molecular formula is C10H17O. The highest BCUT2D eigenvalue weighted by atomic mass is 16.3. The van der Waals surface area contributed by atoms with Gasteiger partial charge in [0.25, 0.3) is 0 Å². The lowest BCUT2D eigenvalue weighted by Crippen LogP contribution is -2.18. The van der Waals surface area contributed by atoms with Gasteiger partial charge in [-0.15, -0.1) is 0 Å². The van der Waals surface area contributed by atoms with Crippen LogP contribution in [0.5, 0.6) is 0 Å². The Morgan fingerprint density at radius 1 is 1.45 bits per heavy atom. The van der Waals surface area contributed by atoms with Gasteiger partial charge in [0, 0.05) is 6.42 Å². The van der Waals surface area contributed by atoms with E-state index >= 15 is 0 Å². The zero-order valence-electron chi connectivity index (χ0n) is 7.43. The molecule has 0 aromatic heterocycles. The molecule has 0 saturated heterocycles. The molecule has 0 aliphatic carbocycles. The standard InChI is InChI=1S/C10H17O/c1-4-7-9(8-5-2)10(11)6-3/h9-11H,4,6-8H2,1,3H3. The number of hydrogen-bond donors (Lipinski definition) is 1. The summed E-state index contributed by atoms with van der Waals surface area (Å²) >= 11 is 0. The van der Waals surface area contributed by atoms with Crippen molar-refractivity contribution in [1.29, 1.82) is 0 Å². The van der Waals surface area contributed by atoms with Gasteiger partial charge in [-0.2, -0.15) is 0 Å². The maximum absolute atomic E-state index is 9.46. The van der Waals surface area contributed by atoms with E-state index < -0.39 is 0 Å². The van der Waals surface area contributed by atoms with Crippen molar-refractivity contribution in [3.63, 3.8) is 0 Å². The first-order valence-corrected chi connectivity index (χ1v) is 4.33. The molecule has 1 N–H and O–H groups in total. The normalized spacial score (nSPS) is 15.5. The minimum Gasteiger partial charge on any atom is -0.393 e. The van der Waals surface area contributed by atoms with Gasteiger partial charge in [0.15, 0.2) is 0 Å². The van der Waals surface area contributed by atoms with E-state index in [0.29, 0.717) is 6.42 Å². The van der Waals surface area contributed by atoms with Crippen LogP contribution in [0.3, 0.4) is 0 Å². The fraction of sp³-hybridized carbons (Fsp3) is 0.800. The van der Waals surface area contributed by atoms with E-state index in [4.69, 9.17) is 6.42 Å². The second-order valence-electron chi connectivity index (χ2n) is 2.91. The Morgan fingerprint density at radius 3 is 2.45 bits per heavy atom. The highest BCUT2D eigenvalue weighted by molar-refractivity contribution is 4.83. The van der Waals surface area contributed by atoms with Gasteiger partial charge in [0.2, 0.25) is 0 Å². The van der Waals surface area contributed by atoms with Crippen LogP contribution in [-0.4, -0.2) is 11.2 Å². The van der Waals surface area contributed by atoms with E-state index in [-0.39, 0.29) is 12.0 Å². The Morgan fingerprint density at radius 2 is 2.09 bits per heavy atom. The highest BCUT2D eigenvalue weighted by Gasteiger charge is 2.14. The van der Waals surface area contributed by atoms with Crippen molar-refractivity contribution in [1.82, 2.24) is 0 Å². The fourth-order valence-electron chi connectivity index (χ4n) is 1.27. The third-order valence-electron chi connectivity index (χ3n) is 1.99. The maximum Gasteiger partial charge on any atom is 0.0574 e. The molecule has 1 radical (unpaired) electrons. The Hall–Kier alpha value is -0.480. The SMILES string of the molecule is [C]#CCC(CCC)C(O)CC. The number of aliphatic hydroxyl groups excluding tert-OH is 1. The lowest BCUT2D eigenvalue weighted by atomic mass is 9.92. The van der Waals surface area contributed by atoms with Crippen molar-refractivity contribution < 1.29 is 5.11 Å². The van der Waals surface area contributed by atoms with E-state index in [9.17, 15) is 5.11 Å². The summed E-state index contributed by atoms with van der Waals surface area (Å²) in [4.78, 5) is 0. The zero-order valence-corrected chi connectivity index (χ0v) is 7.43. The summed E-state index contributed by atoms with van der Waals surface area (Å²) in [5, 5.41) is 9.46. The summed E-state index contributed by atoms with van der Waals surface area (Å²) in [6.45, 7) is 4.07. The number of aliphatic hydroxyl groups is 1. The Bertz CT molecular complexity index is 123. The van der Waals surface area contributed by atoms with Crippen LogP contribution in [0.25, 0.3) is 0 Å². The van der Waals surface area contributed by atoms with Crippen molar-refractivity contribution in [2.75, 3.05) is 0 Å². The fourth-order valence-corrected chi connectivity index (χ4v) is 1.27. The molecule has 0 heterocycles. The van der Waals surface area contributed by atoms with Gasteiger partial charge in [-0.1, -0.05) is 26.2 Å². The quantitative estimate of drug-likeness (QED) is 0.600. The Kier molecular flexibility index (Phi) is 5.97. The molecule has 63 valence electrons. The average molecular weight is 153 g/mol. The van der Waals surface area contributed by atoms with Gasteiger partial charge in [-0.05, 0) is 25.2 Å². The summed E-state index contributed by atoms with van der Waals surface area (Å²) in [5.41, 5.74) is 0. The van der Waals surface area contributed by atoms with Crippen molar-refractivity contribution >= 4 is 0 Å². The van der Waals surface area contributed by atoms with Gasteiger partial charge < -0.3 is 5.11 Å². The molecule has 0 spiro atoms. The third-order valence-corrected chi connectivity index (χ3v) is 1.99. The van der Waals surface area contributed by atoms with Crippen molar-refractivity contribution in [2.24, 2.45) is 5.92 Å². The van der Waals surface area contributed by atoms with E-state index in [2.05, 4.69) is 12.8 Å². The van der Waals surface area contributed by atoms with Crippen LogP contribution in [0.1, 0.15) is 39.5 Å². The average Bonchev–Trinajstić information content (AvgIpc) is 2.03. The van der Waals surface area contributed by atoms with Gasteiger partial charge >= 0.3 is 0 Å². The first-order valence-electron chi connectivity index (χ1n) is 4.33. The first-order chi connectivity index (χ1) is 5.26. The van der Waals surface area contributed by atoms with Gasteiger partial charge in [-0.3, -0.25) is 0 Å². The molecule has 1 heteroatoms. The zero-order chi connectivity index (χ0) is 8.69. The minimum atomic E-state index is -0.243. The predicted molar refractivity (Wildman–Crippen MR) is 46.4 cm³/mol. The monoisotopic (exact) mass is 153 g/mol. The van der Waals surface area contributed by atoms with Crippen LogP contribution in [0.15, 0.2) is 0 Å². The van der Waals surface area contributed by atoms with Gasteiger partial charge in [0.05, 0.1) is 6.10 Å². The summed E-state index contributed by atoms with van der Waals surface area (Å²) in [5.74, 6) is 2.61. The van der Waals surface area contributed by atoms with Gasteiger partial charge in [-0.25, -0.2) is 0 Å². The van der Waals surface area contributed by atoms with Crippen molar-refractivity contribution in [3.05, 3.63) is 6.42 Å². The molecule has 0 aromatic rings. The topological polar surface area (TPSA) is 20.2 Å². The Balaban J connectivity index is 3.78. The molecule has 0 saturated carbocycles. The van der Waals surface area contributed by atoms with Crippen LogP contribution in [-0.2, 0) is 0 Å². The summed E-state index contributed by atoms with van der Waals surface area (Å²) in [7, 11) is 0. The molecule has 0 aliphatic heterocycles. The largest absolute Gasteiger partial charge is 0.393 e. The molecule has 1 nitrogen and oxygen atoms in total. The number of hydrogen-bond acceptors (Lipinski definition) is 1. The van der Waals surface area contributed by atoms with Crippen LogP contribution in [0.2, 0.25) is 0 Å². The van der Waals surface area contributed by atoms with Crippen LogP contribution < -0.4 is 0 Å². The summed E-state index contributed by atoms with van der Waals surface area (Å²) < 4.78 is 0. The van der Waals surface area contributed by atoms with Crippen molar-refractivity contribution in [2.45, 2.75) is 45.6 Å². The Labute approximate surface area is 69.8 Å². The molecule has 11 heavy (non-hydrogen) atoms. The second-order valence-corrected chi connectivity index (χ2v) is 2.91. The molecule has 0 aliphatic rings. The maximum atomic E-state index is 9.46. The summed E-state index contributed by atoms with van der Waals surface area (Å²) in [6.07, 6.45) is 10.0.